The van der Waals surface area contributed by atoms with Gasteiger partial charge >= 0.3 is 0 Å². The summed E-state index contributed by atoms with van der Waals surface area (Å²) in [4.78, 5) is 2.59. The normalized spacial score (nSPS) is 37.7. The molecule has 2 rings (SSSR count). The van der Waals surface area contributed by atoms with E-state index in [1.165, 1.54) is 17.9 Å². The number of ether oxygens (including phenoxy) is 1. The van der Waals surface area contributed by atoms with Gasteiger partial charge in [-0.2, -0.15) is 11.8 Å². The molecule has 2 heterocycles. The zero-order valence-electron chi connectivity index (χ0n) is 12.0. The highest BCUT2D eigenvalue weighted by Gasteiger charge is 2.43. The highest BCUT2D eigenvalue weighted by molar-refractivity contribution is 7.99. The average Bonchev–Trinajstić information content (AvgIpc) is 2.91. The van der Waals surface area contributed by atoms with Crippen molar-refractivity contribution < 1.29 is 4.74 Å². The number of likely N-dealkylation sites (N-methyl/N-ethyl adjacent to an activating group) is 1. The second kappa shape index (κ2) is 6.12. The van der Waals surface area contributed by atoms with Crippen LogP contribution in [-0.2, 0) is 4.74 Å². The lowest BCUT2D eigenvalue weighted by Gasteiger charge is -2.49. The van der Waals surface area contributed by atoms with E-state index in [0.717, 1.165) is 26.0 Å². The highest BCUT2D eigenvalue weighted by atomic mass is 32.2. The van der Waals surface area contributed by atoms with Crippen molar-refractivity contribution in [1.29, 1.82) is 0 Å². The second-order valence-corrected chi connectivity index (χ2v) is 7.31. The third-order valence-electron chi connectivity index (χ3n) is 4.81. The molecule has 2 fully saturated rings. The summed E-state index contributed by atoms with van der Waals surface area (Å²) < 4.78 is 5.92. The molecule has 2 saturated heterocycles. The fourth-order valence-corrected chi connectivity index (χ4v) is 4.50. The number of hydrogen-bond donors (Lipinski definition) is 1. The van der Waals surface area contributed by atoms with Crippen LogP contribution in [0.15, 0.2) is 0 Å². The minimum atomic E-state index is 0.169. The van der Waals surface area contributed by atoms with Crippen molar-refractivity contribution in [2.24, 2.45) is 11.7 Å². The van der Waals surface area contributed by atoms with Crippen molar-refractivity contribution >= 4 is 11.8 Å². The summed E-state index contributed by atoms with van der Waals surface area (Å²) in [5, 5.41) is 0. The predicted molar refractivity (Wildman–Crippen MR) is 79.1 cm³/mol. The van der Waals surface area contributed by atoms with Gasteiger partial charge in [0.15, 0.2) is 0 Å². The van der Waals surface area contributed by atoms with Gasteiger partial charge in [-0.15, -0.1) is 0 Å². The lowest BCUT2D eigenvalue weighted by molar-refractivity contribution is -0.0887. The van der Waals surface area contributed by atoms with Gasteiger partial charge < -0.3 is 10.5 Å². The first-order valence-electron chi connectivity index (χ1n) is 7.21. The van der Waals surface area contributed by atoms with E-state index >= 15 is 0 Å². The Bertz CT molecular complexity index is 269. The molecule has 2 aliphatic rings. The van der Waals surface area contributed by atoms with Gasteiger partial charge in [0.25, 0.3) is 0 Å². The Hall–Kier alpha value is 0.230. The molecule has 3 unspecified atom stereocenters. The smallest absolute Gasteiger partial charge is 0.0616 e. The lowest BCUT2D eigenvalue weighted by atomic mass is 9.81. The third kappa shape index (κ3) is 2.87. The van der Waals surface area contributed by atoms with Crippen LogP contribution in [0.3, 0.4) is 0 Å². The second-order valence-electron chi connectivity index (χ2n) is 6.16. The molecule has 3 atom stereocenters. The van der Waals surface area contributed by atoms with E-state index < -0.39 is 0 Å². The van der Waals surface area contributed by atoms with Gasteiger partial charge in [0, 0.05) is 30.5 Å². The zero-order chi connectivity index (χ0) is 13.2. The van der Waals surface area contributed by atoms with Gasteiger partial charge in [0.05, 0.1) is 6.10 Å². The molecule has 0 amide bonds. The Kier molecular flexibility index (Phi) is 4.98. The van der Waals surface area contributed by atoms with E-state index in [-0.39, 0.29) is 5.54 Å². The summed E-state index contributed by atoms with van der Waals surface area (Å²) in [6.45, 7) is 6.13. The standard InChI is InChI=1S/C14H28N2OS/c1-11(2)13-8-14(10-15,5-6-17-13)16(3)12-4-7-18-9-12/h11-13H,4-10,15H2,1-3H3. The van der Waals surface area contributed by atoms with Crippen molar-refractivity contribution in [3.63, 3.8) is 0 Å². The van der Waals surface area contributed by atoms with Crippen molar-refractivity contribution in [2.45, 2.75) is 50.8 Å². The molecule has 0 bridgehead atoms. The summed E-state index contributed by atoms with van der Waals surface area (Å²) >= 11 is 2.08. The molecule has 106 valence electrons. The summed E-state index contributed by atoms with van der Waals surface area (Å²) in [5.74, 6) is 3.16. The van der Waals surface area contributed by atoms with Crippen LogP contribution in [0.1, 0.15) is 33.1 Å². The van der Waals surface area contributed by atoms with Crippen molar-refractivity contribution in [3.8, 4) is 0 Å². The predicted octanol–water partition coefficient (Wildman–Crippen LogP) is 1.96. The van der Waals surface area contributed by atoms with Crippen LogP contribution in [0.2, 0.25) is 0 Å². The van der Waals surface area contributed by atoms with Gasteiger partial charge in [0.1, 0.15) is 0 Å². The molecule has 0 aromatic rings. The first-order valence-corrected chi connectivity index (χ1v) is 8.37. The van der Waals surface area contributed by atoms with Gasteiger partial charge in [0.2, 0.25) is 0 Å². The Morgan fingerprint density at radius 3 is 2.83 bits per heavy atom. The molecule has 2 aliphatic heterocycles. The molecule has 0 spiro atoms. The molecule has 0 radical (unpaired) electrons. The molecule has 0 aromatic heterocycles. The number of nitrogens with two attached hydrogens (primary N) is 1. The summed E-state index contributed by atoms with van der Waals surface area (Å²) in [5.41, 5.74) is 6.33. The summed E-state index contributed by atoms with van der Waals surface area (Å²) in [7, 11) is 2.28. The molecule has 3 nitrogen and oxygen atoms in total. The SMILES string of the molecule is CC(C)C1CC(CN)(N(C)C2CCSC2)CCO1. The van der Waals surface area contributed by atoms with Crippen LogP contribution in [0.25, 0.3) is 0 Å². The van der Waals surface area contributed by atoms with E-state index in [1.807, 2.05) is 0 Å². The fourth-order valence-electron chi connectivity index (χ4n) is 3.23. The van der Waals surface area contributed by atoms with E-state index in [0.29, 0.717) is 18.1 Å². The van der Waals surface area contributed by atoms with Crippen LogP contribution in [0.4, 0.5) is 0 Å². The topological polar surface area (TPSA) is 38.5 Å². The maximum Gasteiger partial charge on any atom is 0.0616 e. The van der Waals surface area contributed by atoms with Crippen LogP contribution in [0.5, 0.6) is 0 Å². The average molecular weight is 272 g/mol. The molecule has 2 N–H and O–H groups in total. The molecular formula is C14H28N2OS. The van der Waals surface area contributed by atoms with E-state index in [2.05, 4.69) is 37.6 Å². The van der Waals surface area contributed by atoms with Crippen LogP contribution >= 0.6 is 11.8 Å². The van der Waals surface area contributed by atoms with Crippen LogP contribution in [0, 0.1) is 5.92 Å². The third-order valence-corrected chi connectivity index (χ3v) is 5.95. The number of thioether (sulfide) groups is 1. The first kappa shape index (κ1) is 14.6. The summed E-state index contributed by atoms with van der Waals surface area (Å²) in [6, 6.07) is 0.712. The Morgan fingerprint density at radius 2 is 2.28 bits per heavy atom. The highest BCUT2D eigenvalue weighted by Crippen LogP contribution is 2.36. The molecule has 0 aliphatic carbocycles. The van der Waals surface area contributed by atoms with E-state index in [4.69, 9.17) is 10.5 Å². The Labute approximate surface area is 116 Å². The molecular weight excluding hydrogens is 244 g/mol. The minimum Gasteiger partial charge on any atom is -0.378 e. The molecule has 18 heavy (non-hydrogen) atoms. The first-order chi connectivity index (χ1) is 8.59. The van der Waals surface area contributed by atoms with E-state index in [1.54, 1.807) is 0 Å². The summed E-state index contributed by atoms with van der Waals surface area (Å²) in [6.07, 6.45) is 3.87. The fraction of sp³-hybridized carbons (Fsp3) is 1.00. The van der Waals surface area contributed by atoms with Crippen molar-refractivity contribution in [3.05, 3.63) is 0 Å². The maximum atomic E-state index is 6.17. The molecule has 4 heteroatoms. The number of rotatable bonds is 4. The van der Waals surface area contributed by atoms with E-state index in [9.17, 15) is 0 Å². The van der Waals surface area contributed by atoms with Gasteiger partial charge in [-0.25, -0.2) is 0 Å². The Morgan fingerprint density at radius 1 is 1.50 bits per heavy atom. The molecule has 0 aromatic carbocycles. The van der Waals surface area contributed by atoms with Crippen LogP contribution < -0.4 is 5.73 Å². The minimum absolute atomic E-state index is 0.169. The van der Waals surface area contributed by atoms with Gasteiger partial charge in [-0.1, -0.05) is 13.8 Å². The Balaban J connectivity index is 2.08. The van der Waals surface area contributed by atoms with Crippen LogP contribution in [-0.4, -0.2) is 54.3 Å². The quantitative estimate of drug-likeness (QED) is 0.849. The molecule has 0 saturated carbocycles. The zero-order valence-corrected chi connectivity index (χ0v) is 12.8. The lowest BCUT2D eigenvalue weighted by Crippen LogP contribution is -2.60. The number of hydrogen-bond acceptors (Lipinski definition) is 4. The van der Waals surface area contributed by atoms with Gasteiger partial charge in [-0.3, -0.25) is 4.90 Å². The monoisotopic (exact) mass is 272 g/mol. The number of nitrogens with zero attached hydrogens (tertiary/aromatic N) is 1. The van der Waals surface area contributed by atoms with Crippen molar-refractivity contribution in [2.75, 3.05) is 31.7 Å². The van der Waals surface area contributed by atoms with Gasteiger partial charge in [-0.05, 0) is 38.0 Å². The largest absolute Gasteiger partial charge is 0.378 e. The maximum absolute atomic E-state index is 6.17. The van der Waals surface area contributed by atoms with Crippen molar-refractivity contribution in [1.82, 2.24) is 4.90 Å².